The second kappa shape index (κ2) is 8.49. The normalized spacial score (nSPS) is 10.5. The summed E-state index contributed by atoms with van der Waals surface area (Å²) in [5, 5.41) is 10.1. The molecule has 0 spiro atoms. The molecule has 2 rings (SSSR count). The molecule has 0 atom stereocenters. The number of carbonyl (C=O) groups is 2. The topological polar surface area (TPSA) is 85.7 Å². The van der Waals surface area contributed by atoms with Gasteiger partial charge in [0.25, 0.3) is 0 Å². The Labute approximate surface area is 160 Å². The Bertz CT molecular complexity index is 867. The van der Waals surface area contributed by atoms with Crippen LogP contribution in [0.15, 0.2) is 18.2 Å². The summed E-state index contributed by atoms with van der Waals surface area (Å²) in [4.78, 5) is 29.2. The zero-order valence-corrected chi connectivity index (χ0v) is 15.9. The van der Waals surface area contributed by atoms with Gasteiger partial charge in [0.1, 0.15) is 0 Å². The van der Waals surface area contributed by atoms with Gasteiger partial charge in [-0.15, -0.1) is 0 Å². The molecule has 26 heavy (non-hydrogen) atoms. The van der Waals surface area contributed by atoms with Crippen LogP contribution >= 0.6 is 23.2 Å². The summed E-state index contributed by atoms with van der Waals surface area (Å²) in [7, 11) is 1.22. The number of esters is 2. The molecule has 0 bridgehead atoms. The fourth-order valence-electron chi connectivity index (χ4n) is 2.62. The minimum Gasteiger partial charge on any atom is -0.465 e. The van der Waals surface area contributed by atoms with Gasteiger partial charge in [-0.2, -0.15) is 0 Å². The van der Waals surface area contributed by atoms with Gasteiger partial charge in [-0.25, -0.2) is 9.59 Å². The molecule has 0 saturated carbocycles. The van der Waals surface area contributed by atoms with Crippen molar-refractivity contribution in [3.63, 3.8) is 0 Å². The monoisotopic (exact) mass is 397 g/mol. The quantitative estimate of drug-likeness (QED) is 0.771. The number of carbonyl (C=O) groups excluding carboxylic acids is 2. The Hall–Kier alpha value is -2.15. The van der Waals surface area contributed by atoms with Crippen LogP contribution < -0.4 is 0 Å². The molecule has 1 aromatic heterocycles. The lowest BCUT2D eigenvalue weighted by Crippen LogP contribution is -2.18. The summed E-state index contributed by atoms with van der Waals surface area (Å²) in [6, 6.07) is 4.82. The third kappa shape index (κ3) is 3.67. The molecule has 2 aromatic rings. The van der Waals surface area contributed by atoms with E-state index in [-0.39, 0.29) is 44.7 Å². The van der Waals surface area contributed by atoms with Crippen LogP contribution in [0.1, 0.15) is 39.0 Å². The number of methoxy groups -OCH3 is 1. The van der Waals surface area contributed by atoms with Gasteiger partial charge >= 0.3 is 11.9 Å². The van der Waals surface area contributed by atoms with Crippen molar-refractivity contribution in [2.75, 3.05) is 13.7 Å². The van der Waals surface area contributed by atoms with E-state index in [4.69, 9.17) is 32.7 Å². The maximum absolute atomic E-state index is 12.6. The molecule has 0 radical (unpaired) electrons. The summed E-state index contributed by atoms with van der Waals surface area (Å²) >= 11 is 12.4. The first-order valence-corrected chi connectivity index (χ1v) is 8.47. The fourth-order valence-corrected chi connectivity index (χ4v) is 3.02. The van der Waals surface area contributed by atoms with Gasteiger partial charge in [0, 0.05) is 11.1 Å². The van der Waals surface area contributed by atoms with Crippen molar-refractivity contribution in [2.24, 2.45) is 0 Å². The van der Waals surface area contributed by atoms with Crippen molar-refractivity contribution in [2.45, 2.75) is 20.5 Å². The highest BCUT2D eigenvalue weighted by molar-refractivity contribution is 6.44. The number of rotatable bonds is 5. The number of aliphatic hydroxyl groups is 1. The van der Waals surface area contributed by atoms with Crippen LogP contribution in [-0.2, 0) is 16.1 Å². The van der Waals surface area contributed by atoms with Crippen molar-refractivity contribution in [1.29, 1.82) is 0 Å². The minimum atomic E-state index is -0.736. The second-order valence-electron chi connectivity index (χ2n) is 5.24. The lowest BCUT2D eigenvalue weighted by molar-refractivity contribution is 0.0523. The van der Waals surface area contributed by atoms with Crippen LogP contribution in [0.3, 0.4) is 0 Å². The molecule has 0 fully saturated rings. The smallest absolute Gasteiger partial charge is 0.340 e. The van der Waals surface area contributed by atoms with Gasteiger partial charge in [-0.05, 0) is 19.9 Å². The van der Waals surface area contributed by atoms with Gasteiger partial charge in [0.15, 0.2) is 0 Å². The summed E-state index contributed by atoms with van der Waals surface area (Å²) in [5.74, 6) is -1.43. The number of hydrogen-bond donors (Lipinski definition) is 1. The Morgan fingerprint density at radius 1 is 1.19 bits per heavy atom. The summed E-state index contributed by atoms with van der Waals surface area (Å²) in [6.07, 6.45) is 0. The molecule has 0 amide bonds. The summed E-state index contributed by atoms with van der Waals surface area (Å²) in [5.41, 5.74) is 0.850. The van der Waals surface area contributed by atoms with E-state index in [0.717, 1.165) is 0 Å². The van der Waals surface area contributed by atoms with Crippen LogP contribution in [0.4, 0.5) is 0 Å². The maximum atomic E-state index is 12.6. The Morgan fingerprint density at radius 3 is 2.46 bits per heavy atom. The van der Waals surface area contributed by atoms with Gasteiger partial charge in [-0.3, -0.25) is 4.98 Å². The number of benzene rings is 1. The molecule has 0 aliphatic rings. The predicted molar refractivity (Wildman–Crippen MR) is 97.6 cm³/mol. The molecular formula is C18H17Cl2NO5. The van der Waals surface area contributed by atoms with Crippen molar-refractivity contribution < 1.29 is 24.2 Å². The van der Waals surface area contributed by atoms with Crippen molar-refractivity contribution in [1.82, 2.24) is 4.98 Å². The Balaban J connectivity index is 3.00. The van der Waals surface area contributed by atoms with Crippen LogP contribution in [0, 0.1) is 6.92 Å². The summed E-state index contributed by atoms with van der Waals surface area (Å²) in [6.45, 7) is 2.79. The van der Waals surface area contributed by atoms with Gasteiger partial charge in [0.2, 0.25) is 0 Å². The Morgan fingerprint density at radius 2 is 1.88 bits per heavy atom. The van der Waals surface area contributed by atoms with E-state index in [1.54, 1.807) is 32.0 Å². The predicted octanol–water partition coefficient (Wildman–Crippen LogP) is 3.82. The largest absolute Gasteiger partial charge is 0.465 e. The maximum Gasteiger partial charge on any atom is 0.340 e. The molecule has 1 aromatic carbocycles. The highest BCUT2D eigenvalue weighted by Crippen LogP contribution is 2.39. The number of aliphatic hydroxyl groups excluding tert-OH is 1. The van der Waals surface area contributed by atoms with Crippen LogP contribution in [0.5, 0.6) is 0 Å². The van der Waals surface area contributed by atoms with Crippen LogP contribution in [0.2, 0.25) is 10.0 Å². The zero-order chi connectivity index (χ0) is 19.4. The van der Waals surface area contributed by atoms with Crippen molar-refractivity contribution >= 4 is 35.1 Å². The van der Waals surface area contributed by atoms with Gasteiger partial charge in [-0.1, -0.05) is 35.3 Å². The number of halogens is 2. The molecule has 0 aliphatic heterocycles. The molecule has 8 heteroatoms. The van der Waals surface area contributed by atoms with E-state index in [2.05, 4.69) is 4.98 Å². The van der Waals surface area contributed by atoms with Crippen molar-refractivity contribution in [3.8, 4) is 11.1 Å². The van der Waals surface area contributed by atoms with Gasteiger partial charge < -0.3 is 14.6 Å². The molecule has 0 unspecified atom stereocenters. The molecule has 138 valence electrons. The van der Waals surface area contributed by atoms with Crippen LogP contribution in [0.25, 0.3) is 11.1 Å². The number of hydrogen-bond acceptors (Lipinski definition) is 6. The minimum absolute atomic E-state index is 0.0514. The molecule has 0 aliphatic carbocycles. The standard InChI is InChI=1S/C18H17Cl2NO5/c1-4-26-18(24)15-12(8-22)21-9(2)13(17(23)25-3)14(15)10-6-5-7-11(19)16(10)20/h5-7,22H,4,8H2,1-3H3. The lowest BCUT2D eigenvalue weighted by atomic mass is 9.92. The van der Waals surface area contributed by atoms with E-state index in [9.17, 15) is 14.7 Å². The average Bonchev–Trinajstić information content (AvgIpc) is 2.62. The Kier molecular flexibility index (Phi) is 6.58. The van der Waals surface area contributed by atoms with E-state index in [1.165, 1.54) is 7.11 Å². The second-order valence-corrected chi connectivity index (χ2v) is 6.03. The highest BCUT2D eigenvalue weighted by atomic mass is 35.5. The van der Waals surface area contributed by atoms with Crippen LogP contribution in [-0.4, -0.2) is 35.7 Å². The fraction of sp³-hybridized carbons (Fsp3) is 0.278. The van der Waals surface area contributed by atoms with Gasteiger partial charge in [0.05, 0.1) is 52.9 Å². The third-order valence-corrected chi connectivity index (χ3v) is 4.51. The van der Waals surface area contributed by atoms with E-state index >= 15 is 0 Å². The molecule has 1 N–H and O–H groups in total. The average molecular weight is 398 g/mol. The summed E-state index contributed by atoms with van der Waals surface area (Å²) < 4.78 is 9.94. The number of nitrogens with zero attached hydrogens (tertiary/aromatic N) is 1. The van der Waals surface area contributed by atoms with E-state index in [1.807, 2.05) is 0 Å². The SMILES string of the molecule is CCOC(=O)c1c(CO)nc(C)c(C(=O)OC)c1-c1cccc(Cl)c1Cl. The molecular weight excluding hydrogens is 381 g/mol. The first-order chi connectivity index (χ1) is 12.4. The van der Waals surface area contributed by atoms with E-state index < -0.39 is 18.5 Å². The number of aryl methyl sites for hydroxylation is 1. The molecule has 6 nitrogen and oxygen atoms in total. The van der Waals surface area contributed by atoms with E-state index in [0.29, 0.717) is 5.56 Å². The van der Waals surface area contributed by atoms with Crippen molar-refractivity contribution in [3.05, 3.63) is 50.8 Å². The number of aromatic nitrogens is 1. The third-order valence-electron chi connectivity index (χ3n) is 3.69. The first-order valence-electron chi connectivity index (χ1n) is 7.71. The zero-order valence-electron chi connectivity index (χ0n) is 14.4. The number of ether oxygens (including phenoxy) is 2. The lowest BCUT2D eigenvalue weighted by Gasteiger charge is -2.19. The first kappa shape index (κ1) is 20.2. The number of pyridine rings is 1. The highest BCUT2D eigenvalue weighted by Gasteiger charge is 2.29. The molecule has 1 heterocycles. The molecule has 0 saturated heterocycles.